The maximum atomic E-state index is 15.1. The van der Waals surface area contributed by atoms with Gasteiger partial charge in [-0.25, -0.2) is 13.8 Å². The van der Waals surface area contributed by atoms with Crippen molar-refractivity contribution in [3.05, 3.63) is 64.5 Å². The molecule has 1 atom stereocenters. The monoisotopic (exact) mass is 423 g/mol. The number of carbonyl (C=O) groups excluding carboxylic acids is 2. The molecule has 0 bridgehead atoms. The predicted octanol–water partition coefficient (Wildman–Crippen LogP) is 2.51. The molecular formula is C18H15F2N3O5S. The number of hydrogen-bond donors (Lipinski definition) is 3. The summed E-state index contributed by atoms with van der Waals surface area (Å²) in [5, 5.41) is -1.59. The van der Waals surface area contributed by atoms with Crippen LogP contribution in [0.3, 0.4) is 0 Å². The van der Waals surface area contributed by atoms with E-state index in [1.165, 1.54) is 6.92 Å². The number of hydrogen-bond acceptors (Lipinski definition) is 5. The Morgan fingerprint density at radius 1 is 1.28 bits per heavy atom. The van der Waals surface area contributed by atoms with Gasteiger partial charge in [-0.1, -0.05) is 13.0 Å². The number of benzene rings is 1. The van der Waals surface area contributed by atoms with Crippen LogP contribution in [0.1, 0.15) is 50.4 Å². The van der Waals surface area contributed by atoms with Gasteiger partial charge in [-0.2, -0.15) is 8.42 Å². The molecule has 0 aliphatic heterocycles. The molecule has 3 aromatic rings. The van der Waals surface area contributed by atoms with E-state index in [1.807, 2.05) is 0 Å². The van der Waals surface area contributed by atoms with Gasteiger partial charge in [-0.3, -0.25) is 14.1 Å². The molecule has 0 aliphatic carbocycles. The van der Waals surface area contributed by atoms with Crippen molar-refractivity contribution < 1.29 is 31.3 Å². The standard InChI is InChI=1S/C18H15F2N3O5S/c1-2-13(29(26,27)28)9-3-4-10(17(21)25)15(20)14(9)16(24)12-7-23-18-11(12)5-8(19)6-22-18/h3-7,13H,2H2,1H3,(H2,21,25)(H,22,23)(H,26,27,28). The molecule has 1 amide bonds. The quantitative estimate of drug-likeness (QED) is 0.411. The first-order valence-electron chi connectivity index (χ1n) is 8.32. The minimum absolute atomic E-state index is 0.0322. The SMILES string of the molecule is CCC(c1ccc(C(N)=O)c(F)c1C(=O)c1c[nH]c2ncc(F)cc12)S(=O)(=O)O. The Labute approximate surface area is 163 Å². The van der Waals surface area contributed by atoms with Crippen molar-refractivity contribution in [2.45, 2.75) is 18.6 Å². The minimum Gasteiger partial charge on any atom is -0.366 e. The van der Waals surface area contributed by atoms with Gasteiger partial charge in [-0.15, -0.1) is 0 Å². The normalized spacial score (nSPS) is 12.8. The van der Waals surface area contributed by atoms with E-state index in [0.717, 1.165) is 30.6 Å². The third kappa shape index (κ3) is 3.61. The average molecular weight is 423 g/mol. The molecule has 0 aliphatic rings. The maximum Gasteiger partial charge on any atom is 0.272 e. The van der Waals surface area contributed by atoms with E-state index in [2.05, 4.69) is 9.97 Å². The zero-order valence-electron chi connectivity index (χ0n) is 14.9. The van der Waals surface area contributed by atoms with Crippen molar-refractivity contribution >= 4 is 32.8 Å². The van der Waals surface area contributed by atoms with E-state index >= 15 is 4.39 Å². The Bertz CT molecular complexity index is 1250. The summed E-state index contributed by atoms with van der Waals surface area (Å²) in [6.07, 6.45) is 1.89. The predicted molar refractivity (Wildman–Crippen MR) is 99.0 cm³/mol. The Balaban J connectivity index is 2.33. The number of fused-ring (bicyclic) bond motifs is 1. The van der Waals surface area contributed by atoms with E-state index < -0.39 is 49.8 Å². The molecule has 4 N–H and O–H groups in total. The highest BCUT2D eigenvalue weighted by molar-refractivity contribution is 7.86. The van der Waals surface area contributed by atoms with Crippen LogP contribution in [-0.4, -0.2) is 34.6 Å². The minimum atomic E-state index is -4.71. The molecule has 2 heterocycles. The number of rotatable bonds is 6. The van der Waals surface area contributed by atoms with Crippen molar-refractivity contribution in [1.82, 2.24) is 9.97 Å². The largest absolute Gasteiger partial charge is 0.366 e. The number of pyridine rings is 1. The Hall–Kier alpha value is -3.18. The highest BCUT2D eigenvalue weighted by Crippen LogP contribution is 2.33. The zero-order chi connectivity index (χ0) is 21.5. The molecule has 2 aromatic heterocycles. The van der Waals surface area contributed by atoms with E-state index in [4.69, 9.17) is 5.73 Å². The molecule has 152 valence electrons. The number of halogens is 2. The van der Waals surface area contributed by atoms with Gasteiger partial charge in [0.2, 0.25) is 0 Å². The number of ketones is 1. The van der Waals surface area contributed by atoms with Gasteiger partial charge < -0.3 is 10.7 Å². The molecule has 1 aromatic carbocycles. The summed E-state index contributed by atoms with van der Waals surface area (Å²) in [6, 6.07) is 2.99. The lowest BCUT2D eigenvalue weighted by Gasteiger charge is -2.17. The molecular weight excluding hydrogens is 408 g/mol. The average Bonchev–Trinajstić information content (AvgIpc) is 3.03. The number of nitrogens with zero attached hydrogens (tertiary/aromatic N) is 1. The Morgan fingerprint density at radius 3 is 2.55 bits per heavy atom. The van der Waals surface area contributed by atoms with Crippen LogP contribution in [0.4, 0.5) is 8.78 Å². The van der Waals surface area contributed by atoms with Crippen LogP contribution in [0.5, 0.6) is 0 Å². The fraction of sp³-hybridized carbons (Fsp3) is 0.167. The maximum absolute atomic E-state index is 15.1. The van der Waals surface area contributed by atoms with Crippen molar-refractivity contribution in [1.29, 1.82) is 0 Å². The molecule has 11 heteroatoms. The molecule has 8 nitrogen and oxygen atoms in total. The van der Waals surface area contributed by atoms with Crippen LogP contribution >= 0.6 is 0 Å². The van der Waals surface area contributed by atoms with Crippen LogP contribution in [0.2, 0.25) is 0 Å². The van der Waals surface area contributed by atoms with Crippen LogP contribution in [0.25, 0.3) is 11.0 Å². The molecule has 0 radical (unpaired) electrons. The highest BCUT2D eigenvalue weighted by atomic mass is 32.2. The van der Waals surface area contributed by atoms with Gasteiger partial charge in [0.25, 0.3) is 16.0 Å². The van der Waals surface area contributed by atoms with Gasteiger partial charge in [-0.05, 0) is 24.1 Å². The lowest BCUT2D eigenvalue weighted by molar-refractivity contribution is 0.0996. The molecule has 0 saturated carbocycles. The number of nitrogens with two attached hydrogens (primary N) is 1. The fourth-order valence-corrected chi connectivity index (χ4v) is 4.11. The molecule has 3 rings (SSSR count). The first-order chi connectivity index (χ1) is 13.6. The van der Waals surface area contributed by atoms with Crippen LogP contribution < -0.4 is 5.73 Å². The summed E-state index contributed by atoms with van der Waals surface area (Å²) in [5.74, 6) is -4.28. The van der Waals surface area contributed by atoms with Crippen LogP contribution in [0.15, 0.2) is 30.6 Å². The molecule has 0 saturated heterocycles. The second kappa shape index (κ2) is 7.33. The molecule has 0 fully saturated rings. The summed E-state index contributed by atoms with van der Waals surface area (Å²) in [6.45, 7) is 1.41. The fourth-order valence-electron chi connectivity index (χ4n) is 3.17. The van der Waals surface area contributed by atoms with Gasteiger partial charge in [0.05, 0.1) is 17.3 Å². The summed E-state index contributed by atoms with van der Waals surface area (Å²) in [5.41, 5.74) is 3.35. The number of amides is 1. The summed E-state index contributed by atoms with van der Waals surface area (Å²) >= 11 is 0. The van der Waals surface area contributed by atoms with Crippen molar-refractivity contribution in [3.8, 4) is 0 Å². The Morgan fingerprint density at radius 2 is 1.97 bits per heavy atom. The van der Waals surface area contributed by atoms with E-state index in [0.29, 0.717) is 0 Å². The van der Waals surface area contributed by atoms with Crippen molar-refractivity contribution in [2.24, 2.45) is 5.73 Å². The van der Waals surface area contributed by atoms with Crippen molar-refractivity contribution in [3.63, 3.8) is 0 Å². The summed E-state index contributed by atoms with van der Waals surface area (Å²) in [4.78, 5) is 31.1. The Kier molecular flexibility index (Phi) is 5.20. The molecule has 29 heavy (non-hydrogen) atoms. The number of primary amides is 1. The van der Waals surface area contributed by atoms with Gasteiger partial charge in [0.15, 0.2) is 5.78 Å². The topological polar surface area (TPSA) is 143 Å². The van der Waals surface area contributed by atoms with Gasteiger partial charge >= 0.3 is 0 Å². The second-order valence-electron chi connectivity index (χ2n) is 6.25. The zero-order valence-corrected chi connectivity index (χ0v) is 15.8. The second-order valence-corrected chi connectivity index (χ2v) is 7.85. The lowest BCUT2D eigenvalue weighted by atomic mass is 9.92. The van der Waals surface area contributed by atoms with Crippen LogP contribution in [-0.2, 0) is 10.1 Å². The van der Waals surface area contributed by atoms with Crippen LogP contribution in [0, 0.1) is 11.6 Å². The van der Waals surface area contributed by atoms with E-state index in [1.54, 1.807) is 0 Å². The smallest absolute Gasteiger partial charge is 0.272 e. The number of nitrogens with one attached hydrogen (secondary N) is 1. The molecule has 1 unspecified atom stereocenters. The van der Waals surface area contributed by atoms with Gasteiger partial charge in [0, 0.05) is 17.1 Å². The molecule has 0 spiro atoms. The van der Waals surface area contributed by atoms with E-state index in [9.17, 15) is 27.0 Å². The number of aromatic amines is 1. The summed E-state index contributed by atoms with van der Waals surface area (Å²) < 4.78 is 61.8. The van der Waals surface area contributed by atoms with Gasteiger partial charge in [0.1, 0.15) is 22.5 Å². The highest BCUT2D eigenvalue weighted by Gasteiger charge is 2.33. The number of carbonyl (C=O) groups is 2. The van der Waals surface area contributed by atoms with Crippen molar-refractivity contribution in [2.75, 3.05) is 0 Å². The third-order valence-corrected chi connectivity index (χ3v) is 5.79. The van der Waals surface area contributed by atoms with E-state index in [-0.39, 0.29) is 28.6 Å². The third-order valence-electron chi connectivity index (χ3n) is 4.49. The first kappa shape index (κ1) is 20.6. The number of H-pyrrole nitrogens is 1. The first-order valence-corrected chi connectivity index (χ1v) is 9.82. The number of aromatic nitrogens is 2. The lowest BCUT2D eigenvalue weighted by Crippen LogP contribution is -2.21. The summed E-state index contributed by atoms with van der Waals surface area (Å²) in [7, 11) is -4.71.